The van der Waals surface area contributed by atoms with Crippen LogP contribution in [0.15, 0.2) is 18.2 Å². The van der Waals surface area contributed by atoms with E-state index in [4.69, 9.17) is 0 Å². The topological polar surface area (TPSA) is 61.4 Å². The van der Waals surface area contributed by atoms with Crippen molar-refractivity contribution in [1.29, 1.82) is 0 Å². The van der Waals surface area contributed by atoms with Gasteiger partial charge in [0.25, 0.3) is 0 Å². The molecular weight excluding hydrogens is 288 g/mol. The fourth-order valence-electron chi connectivity index (χ4n) is 4.80. The van der Waals surface area contributed by atoms with Crippen LogP contribution in [0.1, 0.15) is 67.2 Å². The average Bonchev–Trinajstić information content (AvgIpc) is 3.12. The summed E-state index contributed by atoms with van der Waals surface area (Å²) < 4.78 is 0. The fourth-order valence-corrected chi connectivity index (χ4v) is 4.80. The minimum atomic E-state index is -0.174. The summed E-state index contributed by atoms with van der Waals surface area (Å²) in [4.78, 5) is 12.3. The molecule has 1 aromatic rings. The summed E-state index contributed by atoms with van der Waals surface area (Å²) in [7, 11) is 0. The first-order chi connectivity index (χ1) is 11.2. The zero-order valence-electron chi connectivity index (χ0n) is 13.6. The van der Waals surface area contributed by atoms with Crippen LogP contribution < -0.4 is 10.6 Å². The maximum Gasteiger partial charge on any atom is 0.315 e. The second kappa shape index (κ2) is 6.16. The Balaban J connectivity index is 1.37. The molecule has 3 N–H and O–H groups in total. The molecule has 4 nitrogen and oxygen atoms in total. The first-order valence-corrected chi connectivity index (χ1v) is 9.05. The maximum atomic E-state index is 12.3. The molecule has 1 aromatic carbocycles. The molecule has 1 saturated carbocycles. The van der Waals surface area contributed by atoms with E-state index in [-0.39, 0.29) is 18.2 Å². The van der Waals surface area contributed by atoms with Crippen LogP contribution in [0.3, 0.4) is 0 Å². The highest BCUT2D eigenvalue weighted by Crippen LogP contribution is 2.47. The number of benzene rings is 1. The highest BCUT2D eigenvalue weighted by Gasteiger charge is 2.35. The minimum Gasteiger partial charge on any atom is -0.393 e. The van der Waals surface area contributed by atoms with E-state index in [1.807, 2.05) is 0 Å². The molecule has 4 atom stereocenters. The first-order valence-electron chi connectivity index (χ1n) is 9.05. The lowest BCUT2D eigenvalue weighted by atomic mass is 9.84. The van der Waals surface area contributed by atoms with Crippen LogP contribution in [0.2, 0.25) is 0 Å². The Morgan fingerprint density at radius 1 is 1.22 bits per heavy atom. The zero-order chi connectivity index (χ0) is 15.8. The van der Waals surface area contributed by atoms with Gasteiger partial charge in [-0.15, -0.1) is 0 Å². The zero-order valence-corrected chi connectivity index (χ0v) is 13.6. The highest BCUT2D eigenvalue weighted by atomic mass is 16.3. The van der Waals surface area contributed by atoms with E-state index in [1.54, 1.807) is 0 Å². The van der Waals surface area contributed by atoms with E-state index in [1.165, 1.54) is 36.0 Å². The van der Waals surface area contributed by atoms with E-state index in [0.717, 1.165) is 25.7 Å². The Hall–Kier alpha value is -1.55. The van der Waals surface area contributed by atoms with Crippen LogP contribution in [0.4, 0.5) is 4.79 Å². The Morgan fingerprint density at radius 3 is 2.96 bits per heavy atom. The molecule has 0 aliphatic heterocycles. The molecule has 23 heavy (non-hydrogen) atoms. The summed E-state index contributed by atoms with van der Waals surface area (Å²) in [6.07, 6.45) is 7.27. The lowest BCUT2D eigenvalue weighted by Gasteiger charge is -2.20. The van der Waals surface area contributed by atoms with Gasteiger partial charge in [0.1, 0.15) is 0 Å². The van der Waals surface area contributed by atoms with Gasteiger partial charge in [-0.3, -0.25) is 0 Å². The first kappa shape index (κ1) is 15.0. The van der Waals surface area contributed by atoms with Crippen molar-refractivity contribution in [2.75, 3.05) is 6.54 Å². The van der Waals surface area contributed by atoms with Crippen molar-refractivity contribution < 1.29 is 9.90 Å². The van der Waals surface area contributed by atoms with Crippen molar-refractivity contribution in [3.05, 3.63) is 34.9 Å². The molecule has 0 heterocycles. The lowest BCUT2D eigenvalue weighted by molar-refractivity contribution is 0.177. The third-order valence-corrected chi connectivity index (χ3v) is 5.90. The molecule has 3 aliphatic rings. The lowest BCUT2D eigenvalue weighted by Crippen LogP contribution is -2.39. The smallest absolute Gasteiger partial charge is 0.315 e. The molecule has 0 radical (unpaired) electrons. The number of nitrogens with one attached hydrogen (secondary N) is 2. The summed E-state index contributed by atoms with van der Waals surface area (Å²) in [5, 5.41) is 15.7. The third-order valence-electron chi connectivity index (χ3n) is 5.90. The number of aryl methyl sites for hydroxylation is 1. The summed E-state index contributed by atoms with van der Waals surface area (Å²) in [6, 6.07) is 6.66. The predicted octanol–water partition coefficient (Wildman–Crippen LogP) is 3.01. The number of urea groups is 1. The van der Waals surface area contributed by atoms with Crippen LogP contribution >= 0.6 is 0 Å². The van der Waals surface area contributed by atoms with Crippen molar-refractivity contribution in [1.82, 2.24) is 10.6 Å². The van der Waals surface area contributed by atoms with Crippen molar-refractivity contribution in [2.24, 2.45) is 5.92 Å². The number of amides is 2. The summed E-state index contributed by atoms with van der Waals surface area (Å²) >= 11 is 0. The van der Waals surface area contributed by atoms with E-state index in [2.05, 4.69) is 28.8 Å². The van der Waals surface area contributed by atoms with Crippen LogP contribution in [0.5, 0.6) is 0 Å². The monoisotopic (exact) mass is 314 g/mol. The molecule has 2 amide bonds. The van der Waals surface area contributed by atoms with Gasteiger partial charge >= 0.3 is 6.03 Å². The summed E-state index contributed by atoms with van der Waals surface area (Å²) in [6.45, 7) is 0.673. The fraction of sp³-hybridized carbons (Fsp3) is 0.632. The summed E-state index contributed by atoms with van der Waals surface area (Å²) in [5.41, 5.74) is 4.34. The SMILES string of the molecule is O=C(NC[C@@H]1CC[C@H](O)C1)N[C@@H]1C[C@H]2CCCc3cccc1c32. The second-order valence-electron chi connectivity index (χ2n) is 7.48. The van der Waals surface area contributed by atoms with Crippen molar-refractivity contribution in [3.8, 4) is 0 Å². The number of hydrogen-bond donors (Lipinski definition) is 3. The van der Waals surface area contributed by atoms with E-state index in [0.29, 0.717) is 18.4 Å². The molecule has 1 fully saturated rings. The standard InChI is InChI=1S/C19H26N2O2/c22-15-8-7-12(9-15)11-20-19(23)21-17-10-14-5-1-3-13-4-2-6-16(17)18(13)14/h2,4,6,12,14-15,17,22H,1,3,5,7-11H2,(H2,20,21,23)/t12-,14-,15+,17-/m1/s1. The molecule has 0 unspecified atom stereocenters. The van der Waals surface area contributed by atoms with Gasteiger partial charge in [0.05, 0.1) is 12.1 Å². The van der Waals surface area contributed by atoms with Gasteiger partial charge in [0.15, 0.2) is 0 Å². The normalized spacial score (nSPS) is 31.7. The number of hydrogen-bond acceptors (Lipinski definition) is 2. The van der Waals surface area contributed by atoms with E-state index in [9.17, 15) is 9.90 Å². The molecule has 0 aromatic heterocycles. The molecule has 4 rings (SSSR count). The molecule has 4 heteroatoms. The van der Waals surface area contributed by atoms with Gasteiger partial charge in [-0.1, -0.05) is 18.2 Å². The number of aliphatic hydroxyl groups excluding tert-OH is 1. The Morgan fingerprint density at radius 2 is 2.13 bits per heavy atom. The predicted molar refractivity (Wildman–Crippen MR) is 89.4 cm³/mol. The van der Waals surface area contributed by atoms with Gasteiger partial charge in [0.2, 0.25) is 0 Å². The molecule has 0 saturated heterocycles. The Bertz CT molecular complexity index is 601. The van der Waals surface area contributed by atoms with E-state index >= 15 is 0 Å². The van der Waals surface area contributed by atoms with Gasteiger partial charge < -0.3 is 15.7 Å². The molecular formula is C19H26N2O2. The van der Waals surface area contributed by atoms with Crippen LogP contribution in [0, 0.1) is 5.92 Å². The average molecular weight is 314 g/mol. The third kappa shape index (κ3) is 2.97. The molecule has 124 valence electrons. The maximum absolute atomic E-state index is 12.3. The Labute approximate surface area is 137 Å². The van der Waals surface area contributed by atoms with Crippen molar-refractivity contribution >= 4 is 6.03 Å². The quantitative estimate of drug-likeness (QED) is 0.803. The number of rotatable bonds is 3. The molecule has 3 aliphatic carbocycles. The van der Waals surface area contributed by atoms with E-state index < -0.39 is 0 Å². The largest absolute Gasteiger partial charge is 0.393 e. The number of carbonyl (C=O) groups is 1. The highest BCUT2D eigenvalue weighted by molar-refractivity contribution is 5.74. The second-order valence-corrected chi connectivity index (χ2v) is 7.48. The minimum absolute atomic E-state index is 0.0624. The van der Waals surface area contributed by atoms with Crippen molar-refractivity contribution in [3.63, 3.8) is 0 Å². The molecule has 0 spiro atoms. The summed E-state index contributed by atoms with van der Waals surface area (Å²) in [5.74, 6) is 1.05. The van der Waals surface area contributed by atoms with Gasteiger partial charge in [-0.05, 0) is 73.5 Å². The molecule has 0 bridgehead atoms. The van der Waals surface area contributed by atoms with Crippen LogP contribution in [-0.4, -0.2) is 23.8 Å². The van der Waals surface area contributed by atoms with Gasteiger partial charge in [0, 0.05) is 6.54 Å². The number of aliphatic hydroxyl groups is 1. The van der Waals surface area contributed by atoms with Gasteiger partial charge in [-0.2, -0.15) is 0 Å². The number of carbonyl (C=O) groups excluding carboxylic acids is 1. The van der Waals surface area contributed by atoms with Crippen molar-refractivity contribution in [2.45, 2.75) is 63.0 Å². The van der Waals surface area contributed by atoms with Gasteiger partial charge in [-0.25, -0.2) is 4.79 Å². The Kier molecular flexibility index (Phi) is 4.02. The van der Waals surface area contributed by atoms with Crippen LogP contribution in [-0.2, 0) is 6.42 Å². The van der Waals surface area contributed by atoms with Crippen LogP contribution in [0.25, 0.3) is 0 Å².